The van der Waals surface area contributed by atoms with E-state index in [-0.39, 0.29) is 11.9 Å². The first-order valence-electron chi connectivity index (χ1n) is 6.49. The fourth-order valence-corrected chi connectivity index (χ4v) is 2.35. The number of aromatic amines is 1. The standard InChI is InChI=1S/C12H21N5O/c1-9(8-17-5-3-2-4-6-17)15-12(18)10-7-14-16-11(10)13/h7,9H,2-6,8H2,1H3,(H,15,18)(H3,13,14,16). The molecule has 1 aromatic heterocycles. The molecule has 1 saturated heterocycles. The van der Waals surface area contributed by atoms with Gasteiger partial charge in [-0.3, -0.25) is 9.89 Å². The zero-order chi connectivity index (χ0) is 13.0. The average molecular weight is 251 g/mol. The second-order valence-corrected chi connectivity index (χ2v) is 4.93. The molecule has 0 spiro atoms. The van der Waals surface area contributed by atoms with Gasteiger partial charge in [-0.1, -0.05) is 6.42 Å². The average Bonchev–Trinajstić information content (AvgIpc) is 2.76. The van der Waals surface area contributed by atoms with Crippen molar-refractivity contribution < 1.29 is 4.79 Å². The fourth-order valence-electron chi connectivity index (χ4n) is 2.35. The molecule has 18 heavy (non-hydrogen) atoms. The lowest BCUT2D eigenvalue weighted by Gasteiger charge is -2.29. The first kappa shape index (κ1) is 12.9. The third kappa shape index (κ3) is 3.22. The molecule has 0 aromatic carbocycles. The van der Waals surface area contributed by atoms with Gasteiger partial charge in [0.25, 0.3) is 5.91 Å². The number of piperidine rings is 1. The molecule has 1 unspecified atom stereocenters. The number of carbonyl (C=O) groups is 1. The van der Waals surface area contributed by atoms with E-state index in [0.29, 0.717) is 11.4 Å². The van der Waals surface area contributed by atoms with Crippen molar-refractivity contribution in [2.24, 2.45) is 0 Å². The number of likely N-dealkylation sites (tertiary alicyclic amines) is 1. The highest BCUT2D eigenvalue weighted by atomic mass is 16.1. The van der Waals surface area contributed by atoms with Gasteiger partial charge in [-0.25, -0.2) is 0 Å². The van der Waals surface area contributed by atoms with Crippen molar-refractivity contribution in [1.29, 1.82) is 0 Å². The maximum absolute atomic E-state index is 11.9. The van der Waals surface area contributed by atoms with Crippen molar-refractivity contribution in [3.8, 4) is 0 Å². The number of nitrogens with one attached hydrogen (secondary N) is 2. The van der Waals surface area contributed by atoms with Crippen LogP contribution >= 0.6 is 0 Å². The molecule has 100 valence electrons. The Balaban J connectivity index is 1.81. The number of hydrogen-bond acceptors (Lipinski definition) is 4. The summed E-state index contributed by atoms with van der Waals surface area (Å²) in [6.07, 6.45) is 5.30. The third-order valence-corrected chi connectivity index (χ3v) is 3.27. The molecule has 1 fully saturated rings. The lowest BCUT2D eigenvalue weighted by Crippen LogP contribution is -2.43. The molecular weight excluding hydrogens is 230 g/mol. The summed E-state index contributed by atoms with van der Waals surface area (Å²) in [5.74, 6) is 0.156. The zero-order valence-corrected chi connectivity index (χ0v) is 10.8. The first-order chi connectivity index (χ1) is 8.66. The highest BCUT2D eigenvalue weighted by molar-refractivity contribution is 5.98. The smallest absolute Gasteiger partial charge is 0.256 e. The number of nitrogen functional groups attached to an aromatic ring is 1. The molecule has 0 radical (unpaired) electrons. The highest BCUT2D eigenvalue weighted by Gasteiger charge is 2.17. The predicted octanol–water partition coefficient (Wildman–Crippen LogP) is 0.596. The zero-order valence-electron chi connectivity index (χ0n) is 10.8. The van der Waals surface area contributed by atoms with Gasteiger partial charge in [0, 0.05) is 12.6 Å². The first-order valence-corrected chi connectivity index (χ1v) is 6.49. The summed E-state index contributed by atoms with van der Waals surface area (Å²) < 4.78 is 0. The van der Waals surface area contributed by atoms with Crippen molar-refractivity contribution in [2.75, 3.05) is 25.4 Å². The number of hydrogen-bond donors (Lipinski definition) is 3. The monoisotopic (exact) mass is 251 g/mol. The van der Waals surface area contributed by atoms with Crippen LogP contribution in [0.1, 0.15) is 36.5 Å². The molecule has 0 saturated carbocycles. The van der Waals surface area contributed by atoms with Crippen molar-refractivity contribution in [3.63, 3.8) is 0 Å². The normalized spacial score (nSPS) is 18.5. The van der Waals surface area contributed by atoms with Gasteiger partial charge in [0.1, 0.15) is 11.4 Å². The molecule has 2 rings (SSSR count). The van der Waals surface area contributed by atoms with E-state index in [4.69, 9.17) is 5.73 Å². The SMILES string of the molecule is CC(CN1CCCCC1)NC(=O)c1cn[nH]c1N. The Morgan fingerprint density at radius 1 is 1.56 bits per heavy atom. The van der Waals surface area contributed by atoms with Gasteiger partial charge in [0.15, 0.2) is 0 Å². The van der Waals surface area contributed by atoms with Gasteiger partial charge in [-0.15, -0.1) is 0 Å². The number of nitrogens with two attached hydrogens (primary N) is 1. The van der Waals surface area contributed by atoms with Gasteiger partial charge in [0.05, 0.1) is 6.20 Å². The van der Waals surface area contributed by atoms with Crippen molar-refractivity contribution in [1.82, 2.24) is 20.4 Å². The second kappa shape index (κ2) is 5.86. The van der Waals surface area contributed by atoms with Crippen LogP contribution in [0.15, 0.2) is 6.20 Å². The molecule has 1 aliphatic heterocycles. The van der Waals surface area contributed by atoms with E-state index in [1.165, 1.54) is 25.5 Å². The molecule has 4 N–H and O–H groups in total. The van der Waals surface area contributed by atoms with Crippen LogP contribution in [-0.2, 0) is 0 Å². The number of anilines is 1. The number of nitrogens with zero attached hydrogens (tertiary/aromatic N) is 2. The van der Waals surface area contributed by atoms with Gasteiger partial charge >= 0.3 is 0 Å². The van der Waals surface area contributed by atoms with Gasteiger partial charge in [-0.05, 0) is 32.9 Å². The van der Waals surface area contributed by atoms with Crippen LogP contribution in [0.3, 0.4) is 0 Å². The summed E-state index contributed by atoms with van der Waals surface area (Å²) in [4.78, 5) is 14.3. The van der Waals surface area contributed by atoms with Crippen LogP contribution in [0.4, 0.5) is 5.82 Å². The molecule has 6 nitrogen and oxygen atoms in total. The van der Waals surface area contributed by atoms with Crippen molar-refractivity contribution >= 4 is 11.7 Å². The van der Waals surface area contributed by atoms with Crippen LogP contribution in [0.5, 0.6) is 0 Å². The Bertz CT molecular complexity index is 397. The molecule has 0 bridgehead atoms. The van der Waals surface area contributed by atoms with Crippen molar-refractivity contribution in [3.05, 3.63) is 11.8 Å². The largest absolute Gasteiger partial charge is 0.383 e. The van der Waals surface area contributed by atoms with E-state index in [1.54, 1.807) is 0 Å². The van der Waals surface area contributed by atoms with E-state index in [0.717, 1.165) is 19.6 Å². The van der Waals surface area contributed by atoms with Gasteiger partial charge in [0.2, 0.25) is 0 Å². The molecular formula is C12H21N5O. The Hall–Kier alpha value is -1.56. The number of H-pyrrole nitrogens is 1. The van der Waals surface area contributed by atoms with Crippen LogP contribution in [-0.4, -0.2) is 46.7 Å². The maximum atomic E-state index is 11.9. The minimum Gasteiger partial charge on any atom is -0.383 e. The summed E-state index contributed by atoms with van der Waals surface area (Å²) in [5, 5.41) is 9.25. The summed E-state index contributed by atoms with van der Waals surface area (Å²) in [7, 11) is 0. The minimum atomic E-state index is -0.161. The quantitative estimate of drug-likeness (QED) is 0.731. The second-order valence-electron chi connectivity index (χ2n) is 4.93. The van der Waals surface area contributed by atoms with Crippen LogP contribution in [0.2, 0.25) is 0 Å². The minimum absolute atomic E-state index is 0.116. The lowest BCUT2D eigenvalue weighted by molar-refractivity contribution is 0.0926. The van der Waals surface area contributed by atoms with Gasteiger partial charge in [-0.2, -0.15) is 5.10 Å². The van der Waals surface area contributed by atoms with Crippen LogP contribution in [0.25, 0.3) is 0 Å². The molecule has 6 heteroatoms. The maximum Gasteiger partial charge on any atom is 0.256 e. The lowest BCUT2D eigenvalue weighted by atomic mass is 10.1. The fraction of sp³-hybridized carbons (Fsp3) is 0.667. The third-order valence-electron chi connectivity index (χ3n) is 3.27. The summed E-state index contributed by atoms with van der Waals surface area (Å²) in [6.45, 7) is 5.17. The topological polar surface area (TPSA) is 87.0 Å². The number of carbonyl (C=O) groups excluding carboxylic acids is 1. The molecule has 1 aliphatic rings. The number of aromatic nitrogens is 2. The Labute approximate surface area is 107 Å². The molecule has 1 aromatic rings. The van der Waals surface area contributed by atoms with E-state index >= 15 is 0 Å². The number of rotatable bonds is 4. The molecule has 1 atom stereocenters. The molecule has 1 amide bonds. The summed E-state index contributed by atoms with van der Waals surface area (Å²) in [5.41, 5.74) is 6.03. The molecule has 0 aliphatic carbocycles. The van der Waals surface area contributed by atoms with E-state index < -0.39 is 0 Å². The van der Waals surface area contributed by atoms with E-state index in [2.05, 4.69) is 20.4 Å². The summed E-state index contributed by atoms with van der Waals surface area (Å²) >= 11 is 0. The molecule has 2 heterocycles. The Morgan fingerprint density at radius 3 is 2.89 bits per heavy atom. The van der Waals surface area contributed by atoms with Gasteiger partial charge < -0.3 is 16.0 Å². The Kier molecular flexibility index (Phi) is 4.19. The number of amides is 1. The summed E-state index contributed by atoms with van der Waals surface area (Å²) in [6, 6.07) is 0.116. The van der Waals surface area contributed by atoms with Crippen molar-refractivity contribution in [2.45, 2.75) is 32.2 Å². The van der Waals surface area contributed by atoms with Crippen LogP contribution < -0.4 is 11.1 Å². The van der Waals surface area contributed by atoms with Crippen LogP contribution in [0, 0.1) is 0 Å². The Morgan fingerprint density at radius 2 is 2.28 bits per heavy atom. The predicted molar refractivity (Wildman–Crippen MR) is 70.2 cm³/mol. The van der Waals surface area contributed by atoms with E-state index in [1.807, 2.05) is 6.92 Å². The van der Waals surface area contributed by atoms with E-state index in [9.17, 15) is 4.79 Å². The highest BCUT2D eigenvalue weighted by Crippen LogP contribution is 2.10.